The van der Waals surface area contributed by atoms with Gasteiger partial charge in [0.05, 0.1) is 12.2 Å². The largest absolute Gasteiger partial charge is 0.465 e. The number of nitrogens with one attached hydrogen (secondary N) is 1. The molecule has 2 atom stereocenters. The average molecular weight is 200 g/mol. The zero-order valence-corrected chi connectivity index (χ0v) is 7.67. The molecule has 0 aliphatic heterocycles. The summed E-state index contributed by atoms with van der Waals surface area (Å²) >= 11 is 0. The molecule has 0 aromatic carbocycles. The number of oxazole rings is 1. The average Bonchev–Trinajstić information content (AvgIpc) is 2.65. The molecule has 1 amide bonds. The maximum atomic E-state index is 10.4. The van der Waals surface area contributed by atoms with Crippen molar-refractivity contribution < 1.29 is 19.4 Å². The van der Waals surface area contributed by atoms with E-state index in [4.69, 9.17) is 9.52 Å². The monoisotopic (exact) mass is 200 g/mol. The van der Waals surface area contributed by atoms with Gasteiger partial charge >= 0.3 is 6.09 Å². The molecule has 0 aliphatic rings. The van der Waals surface area contributed by atoms with Crippen molar-refractivity contribution >= 4 is 6.09 Å². The molecule has 0 saturated carbocycles. The van der Waals surface area contributed by atoms with Gasteiger partial charge in [0, 0.05) is 0 Å². The van der Waals surface area contributed by atoms with Gasteiger partial charge in [-0.1, -0.05) is 6.92 Å². The highest BCUT2D eigenvalue weighted by molar-refractivity contribution is 5.64. The fourth-order valence-corrected chi connectivity index (χ4v) is 1.12. The maximum absolute atomic E-state index is 10.4. The minimum Gasteiger partial charge on any atom is -0.465 e. The van der Waals surface area contributed by atoms with Crippen molar-refractivity contribution in [2.75, 3.05) is 0 Å². The fourth-order valence-electron chi connectivity index (χ4n) is 1.12. The number of amides is 1. The second kappa shape index (κ2) is 4.61. The second-order valence-corrected chi connectivity index (χ2v) is 2.78. The molecule has 3 N–H and O–H groups in total. The molecule has 1 rings (SSSR count). The first-order valence-electron chi connectivity index (χ1n) is 4.22. The van der Waals surface area contributed by atoms with Crippen LogP contribution in [0.1, 0.15) is 25.3 Å². The van der Waals surface area contributed by atoms with E-state index in [0.29, 0.717) is 6.42 Å². The summed E-state index contributed by atoms with van der Waals surface area (Å²) in [5.41, 5.74) is 0. The lowest BCUT2D eigenvalue weighted by Crippen LogP contribution is -2.38. The van der Waals surface area contributed by atoms with Crippen molar-refractivity contribution in [3.05, 3.63) is 18.4 Å². The Bertz CT molecular complexity index is 286. The van der Waals surface area contributed by atoms with Crippen molar-refractivity contribution in [1.82, 2.24) is 10.3 Å². The Kier molecular flexibility index (Phi) is 3.47. The third kappa shape index (κ3) is 2.46. The molecule has 0 saturated heterocycles. The molecular weight excluding hydrogens is 188 g/mol. The molecular formula is C8H12N2O4. The second-order valence-electron chi connectivity index (χ2n) is 2.78. The number of aliphatic hydroxyl groups excluding tert-OH is 1. The molecule has 14 heavy (non-hydrogen) atoms. The summed E-state index contributed by atoms with van der Waals surface area (Å²) in [4.78, 5) is 14.1. The number of hydrogen-bond acceptors (Lipinski definition) is 4. The zero-order chi connectivity index (χ0) is 10.6. The van der Waals surface area contributed by atoms with Gasteiger partial charge in [-0.05, 0) is 6.42 Å². The molecule has 0 aliphatic carbocycles. The van der Waals surface area contributed by atoms with Gasteiger partial charge in [-0.2, -0.15) is 0 Å². The molecule has 6 nitrogen and oxygen atoms in total. The molecule has 6 heteroatoms. The fraction of sp³-hybridized carbons (Fsp3) is 0.500. The van der Waals surface area contributed by atoms with E-state index in [1.807, 2.05) is 0 Å². The summed E-state index contributed by atoms with van der Waals surface area (Å²) in [6.45, 7) is 1.76. The van der Waals surface area contributed by atoms with E-state index in [-0.39, 0.29) is 5.89 Å². The van der Waals surface area contributed by atoms with Crippen LogP contribution in [0.15, 0.2) is 16.9 Å². The first kappa shape index (κ1) is 10.5. The highest BCUT2D eigenvalue weighted by Gasteiger charge is 2.24. The summed E-state index contributed by atoms with van der Waals surface area (Å²) in [6.07, 6.45) is 0.946. The van der Waals surface area contributed by atoms with Crippen LogP contribution in [0.3, 0.4) is 0 Å². The van der Waals surface area contributed by atoms with Gasteiger partial charge in [0.2, 0.25) is 5.89 Å². The predicted molar refractivity (Wildman–Crippen MR) is 46.7 cm³/mol. The summed E-state index contributed by atoms with van der Waals surface area (Å²) in [5, 5.41) is 20.3. The van der Waals surface area contributed by atoms with E-state index in [2.05, 4.69) is 10.3 Å². The van der Waals surface area contributed by atoms with Crippen LogP contribution in [0, 0.1) is 0 Å². The molecule has 1 heterocycles. The summed E-state index contributed by atoms with van der Waals surface area (Å²) in [7, 11) is 0. The van der Waals surface area contributed by atoms with Gasteiger partial charge in [0.15, 0.2) is 6.10 Å². The van der Waals surface area contributed by atoms with Gasteiger partial charge in [-0.25, -0.2) is 9.78 Å². The Balaban J connectivity index is 2.65. The molecule has 0 fully saturated rings. The standard InChI is InChI=1S/C8H12N2O4/c1-2-5(10-8(12)13)6(11)7-9-3-4-14-7/h3-6,10-11H,2H2,1H3,(H,12,13)/t5-,6?/m0/s1. The number of carboxylic acid groups (broad SMARTS) is 1. The molecule has 1 aromatic heterocycles. The topological polar surface area (TPSA) is 95.6 Å². The van der Waals surface area contributed by atoms with Crippen molar-refractivity contribution in [3.63, 3.8) is 0 Å². The van der Waals surface area contributed by atoms with Gasteiger partial charge in [-0.15, -0.1) is 0 Å². The number of carbonyl (C=O) groups is 1. The van der Waals surface area contributed by atoms with Crippen molar-refractivity contribution in [2.24, 2.45) is 0 Å². The Morgan fingerprint density at radius 2 is 2.50 bits per heavy atom. The minimum atomic E-state index is -1.18. The summed E-state index contributed by atoms with van der Waals surface area (Å²) < 4.78 is 4.87. The number of rotatable bonds is 4. The van der Waals surface area contributed by atoms with E-state index < -0.39 is 18.2 Å². The zero-order valence-electron chi connectivity index (χ0n) is 7.67. The van der Waals surface area contributed by atoms with Crippen LogP contribution in [0.25, 0.3) is 0 Å². The molecule has 0 bridgehead atoms. The summed E-state index contributed by atoms with van der Waals surface area (Å²) in [6, 6.07) is -0.605. The first-order valence-corrected chi connectivity index (χ1v) is 4.22. The van der Waals surface area contributed by atoms with Crippen LogP contribution in [0.4, 0.5) is 4.79 Å². The SMILES string of the molecule is CC[C@H](NC(=O)O)C(O)c1ncco1. The van der Waals surface area contributed by atoms with Gasteiger partial charge in [0.25, 0.3) is 0 Å². The Morgan fingerprint density at radius 1 is 1.79 bits per heavy atom. The minimum absolute atomic E-state index is 0.116. The highest BCUT2D eigenvalue weighted by Crippen LogP contribution is 2.16. The number of nitrogens with zero attached hydrogens (tertiary/aromatic N) is 1. The lowest BCUT2D eigenvalue weighted by molar-refractivity contribution is 0.0943. The summed E-state index contributed by atoms with van der Waals surface area (Å²) in [5.74, 6) is 0.116. The molecule has 1 unspecified atom stereocenters. The third-order valence-corrected chi connectivity index (χ3v) is 1.83. The van der Waals surface area contributed by atoms with Crippen molar-refractivity contribution in [2.45, 2.75) is 25.5 Å². The quantitative estimate of drug-likeness (QED) is 0.666. The van der Waals surface area contributed by atoms with Crippen LogP contribution >= 0.6 is 0 Å². The number of hydrogen-bond donors (Lipinski definition) is 3. The van der Waals surface area contributed by atoms with Crippen LogP contribution in [0.2, 0.25) is 0 Å². The van der Waals surface area contributed by atoms with Crippen LogP contribution in [-0.4, -0.2) is 27.3 Å². The van der Waals surface area contributed by atoms with Crippen LogP contribution in [-0.2, 0) is 0 Å². The third-order valence-electron chi connectivity index (χ3n) is 1.83. The smallest absolute Gasteiger partial charge is 0.404 e. The Hall–Kier alpha value is -1.56. The normalized spacial score (nSPS) is 14.7. The predicted octanol–water partition coefficient (Wildman–Crippen LogP) is 0.754. The lowest BCUT2D eigenvalue weighted by Gasteiger charge is -2.18. The number of aromatic nitrogens is 1. The molecule has 78 valence electrons. The van der Waals surface area contributed by atoms with Gasteiger partial charge < -0.3 is 19.9 Å². The molecule has 1 aromatic rings. The Labute approximate surface area is 80.6 Å². The van der Waals surface area contributed by atoms with Crippen LogP contribution < -0.4 is 5.32 Å². The first-order chi connectivity index (χ1) is 6.65. The molecule has 0 spiro atoms. The van der Waals surface area contributed by atoms with Crippen LogP contribution in [0.5, 0.6) is 0 Å². The van der Waals surface area contributed by atoms with Gasteiger partial charge in [-0.3, -0.25) is 0 Å². The van der Waals surface area contributed by atoms with E-state index >= 15 is 0 Å². The van der Waals surface area contributed by atoms with E-state index in [1.54, 1.807) is 6.92 Å². The molecule has 0 radical (unpaired) electrons. The van der Waals surface area contributed by atoms with Crippen molar-refractivity contribution in [1.29, 1.82) is 0 Å². The van der Waals surface area contributed by atoms with E-state index in [1.165, 1.54) is 12.5 Å². The lowest BCUT2D eigenvalue weighted by atomic mass is 10.1. The maximum Gasteiger partial charge on any atom is 0.404 e. The van der Waals surface area contributed by atoms with Crippen molar-refractivity contribution in [3.8, 4) is 0 Å². The van der Waals surface area contributed by atoms with E-state index in [0.717, 1.165) is 0 Å². The van der Waals surface area contributed by atoms with Gasteiger partial charge in [0.1, 0.15) is 6.26 Å². The van der Waals surface area contributed by atoms with E-state index in [9.17, 15) is 9.90 Å². The Morgan fingerprint density at radius 3 is 2.93 bits per heavy atom. The highest BCUT2D eigenvalue weighted by atomic mass is 16.4. The number of aliphatic hydroxyl groups is 1.